The number of hydrogen-bond donors (Lipinski definition) is 0. The summed E-state index contributed by atoms with van der Waals surface area (Å²) >= 11 is 7.34. The van der Waals surface area contributed by atoms with E-state index in [4.69, 9.17) is 16.9 Å². The predicted octanol–water partition coefficient (Wildman–Crippen LogP) is 3.73. The highest BCUT2D eigenvalue weighted by molar-refractivity contribution is 8.00. The standard InChI is InChI=1S/C10H10ClNS/c1-10(2,7-12)13-9-5-3-4-8(11)6-9/h3-6H,1-2H3. The molecule has 68 valence electrons. The van der Waals surface area contributed by atoms with Crippen molar-refractivity contribution in [3.8, 4) is 6.07 Å². The van der Waals surface area contributed by atoms with Gasteiger partial charge >= 0.3 is 0 Å². The summed E-state index contributed by atoms with van der Waals surface area (Å²) in [6.45, 7) is 3.77. The van der Waals surface area contributed by atoms with Crippen molar-refractivity contribution in [2.75, 3.05) is 0 Å². The van der Waals surface area contributed by atoms with Gasteiger partial charge in [0.15, 0.2) is 0 Å². The lowest BCUT2D eigenvalue weighted by molar-refractivity contribution is 0.913. The van der Waals surface area contributed by atoms with Gasteiger partial charge in [-0.05, 0) is 32.0 Å². The molecule has 1 aromatic carbocycles. The fraction of sp³-hybridized carbons (Fsp3) is 0.300. The summed E-state index contributed by atoms with van der Waals surface area (Å²) in [5, 5.41) is 9.53. The third-order valence-corrected chi connectivity index (χ3v) is 2.76. The zero-order valence-electron chi connectivity index (χ0n) is 7.54. The first-order chi connectivity index (χ1) is 6.03. The van der Waals surface area contributed by atoms with Crippen molar-refractivity contribution in [1.29, 1.82) is 5.26 Å². The first-order valence-electron chi connectivity index (χ1n) is 3.89. The Hall–Kier alpha value is -0.650. The Labute approximate surface area is 87.7 Å². The van der Waals surface area contributed by atoms with E-state index in [9.17, 15) is 0 Å². The van der Waals surface area contributed by atoms with Gasteiger partial charge in [0.2, 0.25) is 0 Å². The van der Waals surface area contributed by atoms with Gasteiger partial charge in [0, 0.05) is 9.92 Å². The Kier molecular flexibility index (Phi) is 3.24. The van der Waals surface area contributed by atoms with Gasteiger partial charge in [0.1, 0.15) is 4.75 Å². The van der Waals surface area contributed by atoms with Gasteiger partial charge in [0.25, 0.3) is 0 Å². The molecule has 0 aromatic heterocycles. The number of benzene rings is 1. The highest BCUT2D eigenvalue weighted by atomic mass is 35.5. The van der Waals surface area contributed by atoms with E-state index >= 15 is 0 Å². The number of hydrogen-bond acceptors (Lipinski definition) is 2. The minimum Gasteiger partial charge on any atom is -0.197 e. The molecule has 0 spiro atoms. The molecule has 0 heterocycles. The zero-order chi connectivity index (χ0) is 9.90. The summed E-state index contributed by atoms with van der Waals surface area (Å²) in [6.07, 6.45) is 0. The fourth-order valence-corrected chi connectivity index (χ4v) is 2.07. The number of rotatable bonds is 2. The summed E-state index contributed by atoms with van der Waals surface area (Å²) in [7, 11) is 0. The Morgan fingerprint density at radius 1 is 1.46 bits per heavy atom. The normalized spacial score (nSPS) is 10.9. The molecule has 0 saturated carbocycles. The van der Waals surface area contributed by atoms with Crippen LogP contribution in [0.5, 0.6) is 0 Å². The van der Waals surface area contributed by atoms with Crippen LogP contribution in [0.3, 0.4) is 0 Å². The molecule has 0 aliphatic carbocycles. The lowest BCUT2D eigenvalue weighted by Gasteiger charge is -2.14. The minimum absolute atomic E-state index is 0.398. The summed E-state index contributed by atoms with van der Waals surface area (Å²) < 4.78 is -0.398. The van der Waals surface area contributed by atoms with Crippen molar-refractivity contribution in [1.82, 2.24) is 0 Å². The quantitative estimate of drug-likeness (QED) is 0.696. The summed E-state index contributed by atoms with van der Waals surface area (Å²) in [4.78, 5) is 1.03. The Morgan fingerprint density at radius 3 is 2.69 bits per heavy atom. The molecule has 0 bridgehead atoms. The van der Waals surface area contributed by atoms with Crippen LogP contribution in [0.2, 0.25) is 5.02 Å². The van der Waals surface area contributed by atoms with Crippen LogP contribution in [0.1, 0.15) is 13.8 Å². The third kappa shape index (κ3) is 3.30. The fourth-order valence-electron chi connectivity index (χ4n) is 0.848. The van der Waals surface area contributed by atoms with Gasteiger partial charge in [-0.3, -0.25) is 0 Å². The van der Waals surface area contributed by atoms with Crippen LogP contribution in [0.15, 0.2) is 29.2 Å². The van der Waals surface area contributed by atoms with Crippen molar-refractivity contribution in [3.63, 3.8) is 0 Å². The zero-order valence-corrected chi connectivity index (χ0v) is 9.12. The van der Waals surface area contributed by atoms with Gasteiger partial charge < -0.3 is 0 Å². The summed E-state index contributed by atoms with van der Waals surface area (Å²) in [5.41, 5.74) is 0. The average Bonchev–Trinajstić information content (AvgIpc) is 2.03. The molecule has 0 amide bonds. The molecular formula is C10H10ClNS. The molecule has 0 radical (unpaired) electrons. The average molecular weight is 212 g/mol. The van der Waals surface area contributed by atoms with Crippen molar-refractivity contribution in [3.05, 3.63) is 29.3 Å². The van der Waals surface area contributed by atoms with E-state index in [1.807, 2.05) is 38.1 Å². The second-order valence-electron chi connectivity index (χ2n) is 3.18. The highest BCUT2D eigenvalue weighted by Crippen LogP contribution is 2.32. The van der Waals surface area contributed by atoms with E-state index in [0.717, 1.165) is 4.90 Å². The van der Waals surface area contributed by atoms with Crippen LogP contribution in [-0.4, -0.2) is 4.75 Å². The Morgan fingerprint density at radius 2 is 2.15 bits per heavy atom. The van der Waals surface area contributed by atoms with E-state index in [-0.39, 0.29) is 0 Å². The summed E-state index contributed by atoms with van der Waals surface area (Å²) in [5.74, 6) is 0. The molecule has 0 unspecified atom stereocenters. The van der Waals surface area contributed by atoms with Crippen LogP contribution >= 0.6 is 23.4 Å². The highest BCUT2D eigenvalue weighted by Gasteiger charge is 2.17. The van der Waals surface area contributed by atoms with Crippen molar-refractivity contribution in [2.45, 2.75) is 23.5 Å². The van der Waals surface area contributed by atoms with E-state index in [1.165, 1.54) is 11.8 Å². The minimum atomic E-state index is -0.398. The molecule has 13 heavy (non-hydrogen) atoms. The van der Waals surface area contributed by atoms with E-state index in [2.05, 4.69) is 6.07 Å². The van der Waals surface area contributed by atoms with E-state index in [0.29, 0.717) is 5.02 Å². The topological polar surface area (TPSA) is 23.8 Å². The lowest BCUT2D eigenvalue weighted by atomic mass is 10.2. The SMILES string of the molecule is CC(C)(C#N)Sc1cccc(Cl)c1. The number of nitrogens with zero attached hydrogens (tertiary/aromatic N) is 1. The van der Waals surface area contributed by atoms with E-state index < -0.39 is 4.75 Å². The van der Waals surface area contributed by atoms with Crippen molar-refractivity contribution < 1.29 is 0 Å². The number of thioether (sulfide) groups is 1. The second kappa shape index (κ2) is 4.04. The number of nitriles is 1. The molecule has 0 aliphatic rings. The molecule has 0 N–H and O–H groups in total. The third-order valence-electron chi connectivity index (χ3n) is 1.44. The Bertz CT molecular complexity index is 341. The van der Waals surface area contributed by atoms with Crippen LogP contribution in [0.25, 0.3) is 0 Å². The maximum Gasteiger partial charge on any atom is 0.101 e. The van der Waals surface area contributed by atoms with Crippen molar-refractivity contribution in [2.24, 2.45) is 0 Å². The predicted molar refractivity (Wildman–Crippen MR) is 57.0 cm³/mol. The Balaban J connectivity index is 2.82. The summed E-state index contributed by atoms with van der Waals surface area (Å²) in [6, 6.07) is 9.76. The van der Waals surface area contributed by atoms with E-state index in [1.54, 1.807) is 0 Å². The molecule has 1 rings (SSSR count). The first-order valence-corrected chi connectivity index (χ1v) is 5.09. The van der Waals surface area contributed by atoms with Gasteiger partial charge in [-0.2, -0.15) is 5.26 Å². The van der Waals surface area contributed by atoms with Gasteiger partial charge in [0.05, 0.1) is 6.07 Å². The second-order valence-corrected chi connectivity index (χ2v) is 5.31. The molecule has 0 fully saturated rings. The smallest absolute Gasteiger partial charge is 0.101 e. The molecule has 0 saturated heterocycles. The van der Waals surface area contributed by atoms with Crippen LogP contribution in [0.4, 0.5) is 0 Å². The molecular weight excluding hydrogens is 202 g/mol. The maximum atomic E-state index is 8.82. The first kappa shape index (κ1) is 10.4. The van der Waals surface area contributed by atoms with Crippen LogP contribution in [-0.2, 0) is 0 Å². The monoisotopic (exact) mass is 211 g/mol. The maximum absolute atomic E-state index is 8.82. The molecule has 0 atom stereocenters. The molecule has 3 heteroatoms. The number of halogens is 1. The van der Waals surface area contributed by atoms with Crippen molar-refractivity contribution >= 4 is 23.4 Å². The van der Waals surface area contributed by atoms with Crippen LogP contribution in [0, 0.1) is 11.3 Å². The van der Waals surface area contributed by atoms with Gasteiger partial charge in [-0.15, -0.1) is 11.8 Å². The van der Waals surface area contributed by atoms with Gasteiger partial charge in [-0.1, -0.05) is 17.7 Å². The van der Waals surface area contributed by atoms with Gasteiger partial charge in [-0.25, -0.2) is 0 Å². The lowest BCUT2D eigenvalue weighted by Crippen LogP contribution is -2.09. The molecule has 0 aliphatic heterocycles. The largest absolute Gasteiger partial charge is 0.197 e. The molecule has 1 nitrogen and oxygen atoms in total. The molecule has 1 aromatic rings. The van der Waals surface area contributed by atoms with Crippen LogP contribution < -0.4 is 0 Å².